The third kappa shape index (κ3) is 1.83. The van der Waals surface area contributed by atoms with E-state index in [4.69, 9.17) is 0 Å². The maximum Gasteiger partial charge on any atom is 0.489 e. The highest BCUT2D eigenvalue weighted by molar-refractivity contribution is 6.68. The molecule has 0 saturated carbocycles. The molecular formula is C10H9B2O4. The van der Waals surface area contributed by atoms with Crippen molar-refractivity contribution in [1.29, 1.82) is 0 Å². The van der Waals surface area contributed by atoms with Gasteiger partial charge in [-0.25, -0.2) is 0 Å². The molecule has 0 heterocycles. The Labute approximate surface area is 93.1 Å². The Bertz CT molecular complexity index is 470. The van der Waals surface area contributed by atoms with Crippen molar-refractivity contribution in [2.45, 2.75) is 0 Å². The van der Waals surface area contributed by atoms with E-state index in [1.54, 1.807) is 24.3 Å². The van der Waals surface area contributed by atoms with Gasteiger partial charge in [0.2, 0.25) is 0 Å². The second-order valence-corrected chi connectivity index (χ2v) is 3.45. The minimum Gasteiger partial charge on any atom is -0.423 e. The summed E-state index contributed by atoms with van der Waals surface area (Å²) in [6, 6.07) is 10.9. The van der Waals surface area contributed by atoms with E-state index >= 15 is 0 Å². The maximum absolute atomic E-state index is 9.21. The second kappa shape index (κ2) is 4.27. The van der Waals surface area contributed by atoms with E-state index < -0.39 is 14.2 Å². The Balaban J connectivity index is 2.82. The standard InChI is InChI=1S/C10H9B2O4/c13-11(14)8-5-1-3-7-4-2-6-9(10(7)8)12(15)16/h1-5,13-16H. The van der Waals surface area contributed by atoms with Crippen LogP contribution in [0, 0.1) is 6.07 Å². The molecule has 2 aromatic rings. The quantitative estimate of drug-likeness (QED) is 0.436. The molecule has 79 valence electrons. The molecule has 0 aromatic heterocycles. The fourth-order valence-electron chi connectivity index (χ4n) is 1.75. The molecule has 0 fully saturated rings. The highest BCUT2D eigenvalue weighted by atomic mass is 16.4. The van der Waals surface area contributed by atoms with Crippen LogP contribution in [0.1, 0.15) is 0 Å². The monoisotopic (exact) mass is 215 g/mol. The normalized spacial score (nSPS) is 10.5. The summed E-state index contributed by atoms with van der Waals surface area (Å²) in [5.74, 6) is 0. The highest BCUT2D eigenvalue weighted by Gasteiger charge is 2.21. The van der Waals surface area contributed by atoms with E-state index in [0.29, 0.717) is 10.8 Å². The SMILES string of the molecule is OB(O)c1[c]ccc2cccc(B(O)O)c12. The van der Waals surface area contributed by atoms with Crippen molar-refractivity contribution in [1.82, 2.24) is 0 Å². The van der Waals surface area contributed by atoms with Gasteiger partial charge >= 0.3 is 14.2 Å². The van der Waals surface area contributed by atoms with Crippen LogP contribution >= 0.6 is 0 Å². The number of hydrogen-bond acceptors (Lipinski definition) is 4. The first-order chi connectivity index (χ1) is 7.61. The van der Waals surface area contributed by atoms with E-state index in [2.05, 4.69) is 6.07 Å². The van der Waals surface area contributed by atoms with Gasteiger partial charge in [0, 0.05) is 0 Å². The van der Waals surface area contributed by atoms with E-state index in [1.807, 2.05) is 0 Å². The van der Waals surface area contributed by atoms with Crippen LogP contribution in [0.25, 0.3) is 10.8 Å². The summed E-state index contributed by atoms with van der Waals surface area (Å²) < 4.78 is 0. The van der Waals surface area contributed by atoms with Gasteiger partial charge < -0.3 is 20.1 Å². The van der Waals surface area contributed by atoms with Gasteiger partial charge in [-0.05, 0) is 27.8 Å². The van der Waals surface area contributed by atoms with Crippen LogP contribution in [0.2, 0.25) is 0 Å². The fraction of sp³-hybridized carbons (Fsp3) is 0. The van der Waals surface area contributed by atoms with Crippen LogP contribution in [0.4, 0.5) is 0 Å². The Morgan fingerprint density at radius 1 is 0.938 bits per heavy atom. The molecule has 0 aliphatic heterocycles. The van der Waals surface area contributed by atoms with Gasteiger partial charge in [0.1, 0.15) is 0 Å². The Morgan fingerprint density at radius 2 is 1.69 bits per heavy atom. The third-order valence-electron chi connectivity index (χ3n) is 2.44. The molecule has 16 heavy (non-hydrogen) atoms. The van der Waals surface area contributed by atoms with Crippen molar-refractivity contribution in [3.05, 3.63) is 36.4 Å². The van der Waals surface area contributed by atoms with E-state index in [9.17, 15) is 20.1 Å². The summed E-state index contributed by atoms with van der Waals surface area (Å²) in [5.41, 5.74) is 0.374. The van der Waals surface area contributed by atoms with Gasteiger partial charge in [-0.15, -0.1) is 0 Å². The van der Waals surface area contributed by atoms with Crippen LogP contribution in [0.5, 0.6) is 0 Å². The molecule has 0 bridgehead atoms. The number of hydrogen-bond donors (Lipinski definition) is 4. The van der Waals surface area contributed by atoms with Gasteiger partial charge in [-0.3, -0.25) is 0 Å². The van der Waals surface area contributed by atoms with E-state index in [1.165, 1.54) is 6.07 Å². The molecule has 2 rings (SSSR count). The number of benzene rings is 2. The van der Waals surface area contributed by atoms with E-state index in [-0.39, 0.29) is 10.9 Å². The van der Waals surface area contributed by atoms with Gasteiger partial charge in [0.15, 0.2) is 0 Å². The van der Waals surface area contributed by atoms with Crippen molar-refractivity contribution in [2.75, 3.05) is 0 Å². The number of fused-ring (bicyclic) bond motifs is 1. The third-order valence-corrected chi connectivity index (χ3v) is 2.44. The topological polar surface area (TPSA) is 80.9 Å². The first-order valence-corrected chi connectivity index (χ1v) is 4.76. The van der Waals surface area contributed by atoms with E-state index in [0.717, 1.165) is 0 Å². The van der Waals surface area contributed by atoms with Crippen molar-refractivity contribution in [3.8, 4) is 0 Å². The molecule has 6 heteroatoms. The molecule has 0 aliphatic rings. The molecule has 0 aliphatic carbocycles. The minimum absolute atomic E-state index is 0.140. The summed E-state index contributed by atoms with van der Waals surface area (Å²) in [6.45, 7) is 0. The van der Waals surface area contributed by atoms with Gasteiger partial charge in [-0.1, -0.05) is 30.3 Å². The Hall–Kier alpha value is -1.33. The molecule has 4 nitrogen and oxygen atoms in total. The lowest BCUT2D eigenvalue weighted by Gasteiger charge is -2.10. The van der Waals surface area contributed by atoms with Crippen LogP contribution in [0.3, 0.4) is 0 Å². The Morgan fingerprint density at radius 3 is 2.31 bits per heavy atom. The highest BCUT2D eigenvalue weighted by Crippen LogP contribution is 2.09. The predicted octanol–water partition coefficient (Wildman–Crippen LogP) is -2.00. The fourth-order valence-corrected chi connectivity index (χ4v) is 1.75. The first kappa shape index (κ1) is 11.2. The molecular weight excluding hydrogens is 206 g/mol. The smallest absolute Gasteiger partial charge is 0.423 e. The summed E-state index contributed by atoms with van der Waals surface area (Å²) in [6.07, 6.45) is 0. The zero-order chi connectivity index (χ0) is 11.7. The molecule has 0 atom stereocenters. The lowest BCUT2D eigenvalue weighted by atomic mass is 9.69. The van der Waals surface area contributed by atoms with Gasteiger partial charge in [0.05, 0.1) is 0 Å². The lowest BCUT2D eigenvalue weighted by molar-refractivity contribution is 0.426. The largest absolute Gasteiger partial charge is 0.489 e. The molecule has 2 aromatic carbocycles. The predicted molar refractivity (Wildman–Crippen MR) is 62.4 cm³/mol. The average molecular weight is 215 g/mol. The van der Waals surface area contributed by atoms with Crippen molar-refractivity contribution < 1.29 is 20.1 Å². The summed E-state index contributed by atoms with van der Waals surface area (Å²) in [5, 5.41) is 37.9. The minimum atomic E-state index is -1.69. The zero-order valence-corrected chi connectivity index (χ0v) is 8.33. The number of rotatable bonds is 2. The van der Waals surface area contributed by atoms with Gasteiger partial charge in [-0.2, -0.15) is 0 Å². The van der Waals surface area contributed by atoms with Crippen molar-refractivity contribution in [3.63, 3.8) is 0 Å². The molecule has 4 N–H and O–H groups in total. The van der Waals surface area contributed by atoms with Crippen LogP contribution in [-0.4, -0.2) is 34.3 Å². The van der Waals surface area contributed by atoms with Crippen LogP contribution in [0.15, 0.2) is 30.3 Å². The summed E-state index contributed by atoms with van der Waals surface area (Å²) >= 11 is 0. The average Bonchev–Trinajstić information content (AvgIpc) is 2.27. The second-order valence-electron chi connectivity index (χ2n) is 3.45. The molecule has 0 spiro atoms. The summed E-state index contributed by atoms with van der Waals surface area (Å²) in [7, 11) is -3.35. The van der Waals surface area contributed by atoms with Crippen LogP contribution in [-0.2, 0) is 0 Å². The molecule has 0 amide bonds. The maximum atomic E-state index is 9.21. The first-order valence-electron chi connectivity index (χ1n) is 4.76. The van der Waals surface area contributed by atoms with Crippen molar-refractivity contribution >= 4 is 35.9 Å². The van der Waals surface area contributed by atoms with Crippen molar-refractivity contribution in [2.24, 2.45) is 0 Å². The lowest BCUT2D eigenvalue weighted by Crippen LogP contribution is -2.38. The molecule has 0 unspecified atom stereocenters. The van der Waals surface area contributed by atoms with Gasteiger partial charge in [0.25, 0.3) is 0 Å². The Kier molecular flexibility index (Phi) is 2.98. The zero-order valence-electron chi connectivity index (χ0n) is 8.33. The summed E-state index contributed by atoms with van der Waals surface area (Å²) in [4.78, 5) is 0. The van der Waals surface area contributed by atoms with Crippen LogP contribution < -0.4 is 10.9 Å². The molecule has 1 radical (unpaired) electrons. The molecule has 0 saturated heterocycles.